The van der Waals surface area contributed by atoms with Crippen LogP contribution in [0.25, 0.3) is 0 Å². The third kappa shape index (κ3) is 6.33. The molecule has 2 nitrogen and oxygen atoms in total. The zero-order chi connectivity index (χ0) is 11.6. The lowest BCUT2D eigenvalue weighted by molar-refractivity contribution is 0.278. The number of rotatable bonds is 8. The SMILES string of the molecule is OCCCCCCCOc1cccc(I)c1. The van der Waals surface area contributed by atoms with Crippen molar-refractivity contribution in [3.63, 3.8) is 0 Å². The second kappa shape index (κ2) is 8.82. The Morgan fingerprint density at radius 3 is 2.56 bits per heavy atom. The molecular formula is C13H19IO2. The zero-order valence-corrected chi connectivity index (χ0v) is 11.7. The molecule has 1 N–H and O–H groups in total. The van der Waals surface area contributed by atoms with Crippen LogP contribution in [0.2, 0.25) is 0 Å². The highest BCUT2D eigenvalue weighted by atomic mass is 127. The first kappa shape index (κ1) is 13.8. The molecule has 0 aliphatic rings. The van der Waals surface area contributed by atoms with Crippen LogP contribution in [0.5, 0.6) is 5.75 Å². The van der Waals surface area contributed by atoms with Gasteiger partial charge in [-0.2, -0.15) is 0 Å². The fourth-order valence-electron chi connectivity index (χ4n) is 1.49. The van der Waals surface area contributed by atoms with Crippen molar-refractivity contribution < 1.29 is 9.84 Å². The Morgan fingerprint density at radius 2 is 1.81 bits per heavy atom. The molecule has 0 amide bonds. The molecule has 1 aromatic rings. The summed E-state index contributed by atoms with van der Waals surface area (Å²) in [5.41, 5.74) is 0. The highest BCUT2D eigenvalue weighted by molar-refractivity contribution is 14.1. The first-order valence-electron chi connectivity index (χ1n) is 5.82. The average Bonchev–Trinajstić information content (AvgIpc) is 2.28. The normalized spacial score (nSPS) is 10.4. The number of aliphatic hydroxyl groups excluding tert-OH is 1. The van der Waals surface area contributed by atoms with Gasteiger partial charge in [0.05, 0.1) is 6.61 Å². The largest absolute Gasteiger partial charge is 0.494 e. The van der Waals surface area contributed by atoms with Gasteiger partial charge in [0, 0.05) is 10.2 Å². The Balaban J connectivity index is 2.03. The second-order valence-corrected chi connectivity index (χ2v) is 5.04. The Labute approximate surface area is 111 Å². The molecule has 0 saturated carbocycles. The van der Waals surface area contributed by atoms with Crippen LogP contribution in [-0.4, -0.2) is 18.3 Å². The Kier molecular flexibility index (Phi) is 7.59. The highest BCUT2D eigenvalue weighted by Crippen LogP contribution is 2.15. The lowest BCUT2D eigenvalue weighted by Crippen LogP contribution is -1.97. The van der Waals surface area contributed by atoms with E-state index in [1.807, 2.05) is 18.2 Å². The summed E-state index contributed by atoms with van der Waals surface area (Å²) in [5.74, 6) is 0.960. The van der Waals surface area contributed by atoms with Crippen LogP contribution in [0, 0.1) is 3.57 Å². The van der Waals surface area contributed by atoms with Crippen molar-refractivity contribution in [1.29, 1.82) is 0 Å². The summed E-state index contributed by atoms with van der Waals surface area (Å²) in [6, 6.07) is 8.11. The fraction of sp³-hybridized carbons (Fsp3) is 0.538. The first-order chi connectivity index (χ1) is 7.83. The quantitative estimate of drug-likeness (QED) is 0.581. The Hall–Kier alpha value is -0.290. The van der Waals surface area contributed by atoms with Gasteiger partial charge in [0.25, 0.3) is 0 Å². The molecule has 3 heteroatoms. The summed E-state index contributed by atoms with van der Waals surface area (Å²) >= 11 is 2.29. The summed E-state index contributed by atoms with van der Waals surface area (Å²) in [4.78, 5) is 0. The number of unbranched alkanes of at least 4 members (excludes halogenated alkanes) is 4. The van der Waals surface area contributed by atoms with Gasteiger partial charge in [-0.3, -0.25) is 0 Å². The fourth-order valence-corrected chi connectivity index (χ4v) is 2.01. The molecule has 0 aliphatic heterocycles. The maximum absolute atomic E-state index is 8.62. The maximum Gasteiger partial charge on any atom is 0.120 e. The topological polar surface area (TPSA) is 29.5 Å². The Morgan fingerprint density at radius 1 is 1.06 bits per heavy atom. The van der Waals surface area contributed by atoms with E-state index in [9.17, 15) is 0 Å². The standard InChI is InChI=1S/C13H19IO2/c14-12-7-6-8-13(11-12)16-10-5-3-1-2-4-9-15/h6-8,11,15H,1-5,9-10H2. The number of hydrogen-bond donors (Lipinski definition) is 1. The number of hydrogen-bond acceptors (Lipinski definition) is 2. The smallest absolute Gasteiger partial charge is 0.120 e. The molecule has 0 aliphatic carbocycles. The molecule has 16 heavy (non-hydrogen) atoms. The van der Waals surface area contributed by atoms with Crippen molar-refractivity contribution in [2.75, 3.05) is 13.2 Å². The van der Waals surface area contributed by atoms with Crippen LogP contribution in [-0.2, 0) is 0 Å². The number of aliphatic hydroxyl groups is 1. The van der Waals surface area contributed by atoms with Crippen molar-refractivity contribution in [3.8, 4) is 5.75 Å². The number of benzene rings is 1. The van der Waals surface area contributed by atoms with Crippen LogP contribution in [0.3, 0.4) is 0 Å². The third-order valence-corrected chi connectivity index (χ3v) is 3.04. The molecule has 0 radical (unpaired) electrons. The van der Waals surface area contributed by atoms with Gasteiger partial charge in [-0.25, -0.2) is 0 Å². The van der Waals surface area contributed by atoms with Gasteiger partial charge < -0.3 is 9.84 Å². The summed E-state index contributed by atoms with van der Waals surface area (Å²) < 4.78 is 6.85. The van der Waals surface area contributed by atoms with E-state index in [1.165, 1.54) is 16.4 Å². The van der Waals surface area contributed by atoms with Crippen molar-refractivity contribution in [1.82, 2.24) is 0 Å². The van der Waals surface area contributed by atoms with Crippen LogP contribution < -0.4 is 4.74 Å². The van der Waals surface area contributed by atoms with Crippen molar-refractivity contribution in [2.45, 2.75) is 32.1 Å². The van der Waals surface area contributed by atoms with E-state index < -0.39 is 0 Å². The second-order valence-electron chi connectivity index (χ2n) is 3.80. The molecule has 0 atom stereocenters. The summed E-state index contributed by atoms with van der Waals surface area (Å²) in [5, 5.41) is 8.62. The lowest BCUT2D eigenvalue weighted by atomic mass is 10.1. The van der Waals surface area contributed by atoms with Gasteiger partial charge in [-0.1, -0.05) is 25.3 Å². The Bertz CT molecular complexity index is 289. The van der Waals surface area contributed by atoms with Crippen molar-refractivity contribution in [2.24, 2.45) is 0 Å². The van der Waals surface area contributed by atoms with Gasteiger partial charge in [0.2, 0.25) is 0 Å². The number of ether oxygens (including phenoxy) is 1. The van der Waals surface area contributed by atoms with E-state index >= 15 is 0 Å². The predicted molar refractivity (Wildman–Crippen MR) is 74.8 cm³/mol. The minimum Gasteiger partial charge on any atom is -0.494 e. The van der Waals surface area contributed by atoms with E-state index in [0.29, 0.717) is 6.61 Å². The summed E-state index contributed by atoms with van der Waals surface area (Å²) in [7, 11) is 0. The maximum atomic E-state index is 8.62. The van der Waals surface area contributed by atoms with Gasteiger partial charge >= 0.3 is 0 Å². The average molecular weight is 334 g/mol. The van der Waals surface area contributed by atoms with Crippen LogP contribution in [0.1, 0.15) is 32.1 Å². The van der Waals surface area contributed by atoms with Crippen molar-refractivity contribution >= 4 is 22.6 Å². The minimum atomic E-state index is 0.318. The molecule has 1 rings (SSSR count). The molecular weight excluding hydrogens is 315 g/mol. The molecule has 90 valence electrons. The van der Waals surface area contributed by atoms with E-state index in [4.69, 9.17) is 9.84 Å². The van der Waals surface area contributed by atoms with Gasteiger partial charge in [-0.05, 0) is 53.6 Å². The predicted octanol–water partition coefficient (Wildman–Crippen LogP) is 3.61. The zero-order valence-electron chi connectivity index (χ0n) is 9.49. The first-order valence-corrected chi connectivity index (χ1v) is 6.90. The van der Waals surface area contributed by atoms with Crippen LogP contribution in [0.4, 0.5) is 0 Å². The highest BCUT2D eigenvalue weighted by Gasteiger charge is 1.95. The van der Waals surface area contributed by atoms with Crippen molar-refractivity contribution in [3.05, 3.63) is 27.8 Å². The summed E-state index contributed by atoms with van der Waals surface area (Å²) in [6.07, 6.45) is 5.52. The minimum absolute atomic E-state index is 0.318. The van der Waals surface area contributed by atoms with E-state index in [-0.39, 0.29) is 0 Å². The van der Waals surface area contributed by atoms with Gasteiger partial charge in [-0.15, -0.1) is 0 Å². The third-order valence-electron chi connectivity index (χ3n) is 2.37. The molecule has 0 unspecified atom stereocenters. The molecule has 0 bridgehead atoms. The van der Waals surface area contributed by atoms with E-state index in [0.717, 1.165) is 31.6 Å². The van der Waals surface area contributed by atoms with Gasteiger partial charge in [0.15, 0.2) is 0 Å². The number of halogens is 1. The molecule has 0 saturated heterocycles. The lowest BCUT2D eigenvalue weighted by Gasteiger charge is -2.06. The molecule has 0 spiro atoms. The molecule has 1 aromatic carbocycles. The monoisotopic (exact) mass is 334 g/mol. The summed E-state index contributed by atoms with van der Waals surface area (Å²) in [6.45, 7) is 1.11. The molecule has 0 fully saturated rings. The van der Waals surface area contributed by atoms with E-state index in [1.54, 1.807) is 0 Å². The molecule has 0 heterocycles. The van der Waals surface area contributed by atoms with Gasteiger partial charge in [0.1, 0.15) is 5.75 Å². The van der Waals surface area contributed by atoms with E-state index in [2.05, 4.69) is 28.7 Å². The molecule has 0 aromatic heterocycles. The van der Waals surface area contributed by atoms with Crippen LogP contribution >= 0.6 is 22.6 Å². The van der Waals surface area contributed by atoms with Crippen LogP contribution in [0.15, 0.2) is 24.3 Å².